The lowest BCUT2D eigenvalue weighted by atomic mass is 10.1. The fourth-order valence-corrected chi connectivity index (χ4v) is 1.54. The summed E-state index contributed by atoms with van der Waals surface area (Å²) >= 11 is 0. The van der Waals surface area contributed by atoms with Gasteiger partial charge in [-0.05, 0) is 18.2 Å². The van der Waals surface area contributed by atoms with E-state index in [0.717, 1.165) is 0 Å². The first-order chi connectivity index (χ1) is 9.58. The van der Waals surface area contributed by atoms with Crippen LogP contribution < -0.4 is 15.8 Å². The maximum Gasteiger partial charge on any atom is 0.258 e. The van der Waals surface area contributed by atoms with Gasteiger partial charge in [-0.1, -0.05) is 6.92 Å². The van der Waals surface area contributed by atoms with Gasteiger partial charge in [-0.3, -0.25) is 9.59 Å². The summed E-state index contributed by atoms with van der Waals surface area (Å²) < 4.78 is 10.1. The van der Waals surface area contributed by atoms with Crippen LogP contribution in [0.15, 0.2) is 18.2 Å². The van der Waals surface area contributed by atoms with Crippen molar-refractivity contribution in [1.29, 1.82) is 0 Å². The van der Waals surface area contributed by atoms with Crippen molar-refractivity contribution < 1.29 is 19.1 Å². The molecule has 0 saturated heterocycles. The van der Waals surface area contributed by atoms with Crippen molar-refractivity contribution in [2.24, 2.45) is 0 Å². The zero-order valence-electron chi connectivity index (χ0n) is 11.8. The number of nitrogen functional groups attached to an aromatic ring is 1. The van der Waals surface area contributed by atoms with E-state index in [1.807, 2.05) is 0 Å². The van der Waals surface area contributed by atoms with Gasteiger partial charge in [-0.15, -0.1) is 0 Å². The Balaban J connectivity index is 2.52. The van der Waals surface area contributed by atoms with Crippen molar-refractivity contribution in [2.75, 3.05) is 32.6 Å². The normalized spacial score (nSPS) is 10.1. The molecule has 1 aromatic carbocycles. The first-order valence-electron chi connectivity index (χ1n) is 6.39. The zero-order chi connectivity index (χ0) is 15.0. The van der Waals surface area contributed by atoms with Gasteiger partial charge >= 0.3 is 0 Å². The smallest absolute Gasteiger partial charge is 0.258 e. The highest BCUT2D eigenvalue weighted by atomic mass is 16.5. The van der Waals surface area contributed by atoms with Crippen LogP contribution in [0.5, 0.6) is 5.75 Å². The number of benzene rings is 1. The van der Waals surface area contributed by atoms with E-state index in [1.54, 1.807) is 32.2 Å². The lowest BCUT2D eigenvalue weighted by Crippen LogP contribution is -2.31. The minimum Gasteiger partial charge on any atom is -0.482 e. The van der Waals surface area contributed by atoms with Crippen LogP contribution >= 0.6 is 0 Å². The molecule has 0 fully saturated rings. The summed E-state index contributed by atoms with van der Waals surface area (Å²) in [5.74, 6) is 0.148. The summed E-state index contributed by atoms with van der Waals surface area (Å²) in [4.78, 5) is 23.0. The third-order valence-corrected chi connectivity index (χ3v) is 2.64. The Labute approximate surface area is 118 Å². The Morgan fingerprint density at radius 2 is 2.10 bits per heavy atom. The Bertz CT molecular complexity index is 474. The molecule has 20 heavy (non-hydrogen) atoms. The molecule has 1 aromatic rings. The highest BCUT2D eigenvalue weighted by molar-refractivity contribution is 5.97. The molecule has 0 aliphatic heterocycles. The summed E-state index contributed by atoms with van der Waals surface area (Å²) in [5, 5.41) is 2.63. The third kappa shape index (κ3) is 4.89. The molecule has 0 heterocycles. The van der Waals surface area contributed by atoms with E-state index in [-0.39, 0.29) is 18.3 Å². The number of rotatable bonds is 8. The van der Waals surface area contributed by atoms with Crippen LogP contribution in [-0.4, -0.2) is 38.6 Å². The molecule has 1 amide bonds. The number of carbonyl (C=O) groups excluding carboxylic acids is 2. The van der Waals surface area contributed by atoms with E-state index < -0.39 is 0 Å². The molecule has 0 radical (unpaired) electrons. The summed E-state index contributed by atoms with van der Waals surface area (Å²) in [7, 11) is 1.56. The first kappa shape index (κ1) is 16.0. The Kier molecular flexibility index (Phi) is 6.52. The van der Waals surface area contributed by atoms with Gasteiger partial charge in [-0.2, -0.15) is 0 Å². The van der Waals surface area contributed by atoms with Crippen LogP contribution in [-0.2, 0) is 9.53 Å². The van der Waals surface area contributed by atoms with E-state index in [4.69, 9.17) is 15.2 Å². The largest absolute Gasteiger partial charge is 0.482 e. The van der Waals surface area contributed by atoms with Gasteiger partial charge in [-0.25, -0.2) is 0 Å². The number of methoxy groups -OCH3 is 1. The molecular weight excluding hydrogens is 260 g/mol. The molecule has 0 spiro atoms. The molecule has 0 aliphatic rings. The SMILES string of the molecule is CCC(=O)c1ccc(OCC(=O)NCCOC)c(N)c1. The number of hydrogen-bond acceptors (Lipinski definition) is 5. The maximum absolute atomic E-state index is 11.5. The zero-order valence-corrected chi connectivity index (χ0v) is 11.8. The quantitative estimate of drug-likeness (QED) is 0.421. The fraction of sp³-hybridized carbons (Fsp3) is 0.429. The molecule has 3 N–H and O–H groups in total. The molecule has 0 bridgehead atoms. The number of amides is 1. The Morgan fingerprint density at radius 3 is 2.70 bits per heavy atom. The topological polar surface area (TPSA) is 90.7 Å². The minimum absolute atomic E-state index is 0.0144. The molecule has 6 nitrogen and oxygen atoms in total. The monoisotopic (exact) mass is 280 g/mol. The summed E-state index contributed by atoms with van der Waals surface area (Å²) in [6.45, 7) is 2.53. The van der Waals surface area contributed by atoms with Crippen molar-refractivity contribution in [3.8, 4) is 5.75 Å². The molecular formula is C14H20N2O4. The molecule has 6 heteroatoms. The van der Waals surface area contributed by atoms with Crippen molar-refractivity contribution in [3.63, 3.8) is 0 Å². The van der Waals surface area contributed by atoms with Crippen molar-refractivity contribution in [2.45, 2.75) is 13.3 Å². The van der Waals surface area contributed by atoms with Gasteiger partial charge in [0.15, 0.2) is 12.4 Å². The fourth-order valence-electron chi connectivity index (χ4n) is 1.54. The van der Waals surface area contributed by atoms with E-state index in [0.29, 0.717) is 36.6 Å². The first-order valence-corrected chi connectivity index (χ1v) is 6.39. The summed E-state index contributed by atoms with van der Waals surface area (Å²) in [6.07, 6.45) is 0.418. The van der Waals surface area contributed by atoms with Gasteiger partial charge in [0, 0.05) is 25.6 Å². The number of carbonyl (C=O) groups is 2. The number of nitrogens with one attached hydrogen (secondary N) is 1. The predicted molar refractivity (Wildman–Crippen MR) is 75.9 cm³/mol. The maximum atomic E-state index is 11.5. The highest BCUT2D eigenvalue weighted by Gasteiger charge is 2.08. The Hall–Kier alpha value is -2.08. The highest BCUT2D eigenvalue weighted by Crippen LogP contribution is 2.23. The number of Topliss-reactive ketones (excluding diaryl/α,β-unsaturated/α-hetero) is 1. The number of anilines is 1. The van der Waals surface area contributed by atoms with Crippen LogP contribution in [0.25, 0.3) is 0 Å². The van der Waals surface area contributed by atoms with Crippen LogP contribution in [0.4, 0.5) is 5.69 Å². The number of ketones is 1. The second kappa shape index (κ2) is 8.16. The lowest BCUT2D eigenvalue weighted by Gasteiger charge is -2.10. The van der Waals surface area contributed by atoms with Crippen LogP contribution in [0.3, 0.4) is 0 Å². The van der Waals surface area contributed by atoms with Gasteiger partial charge < -0.3 is 20.5 Å². The average Bonchev–Trinajstić information content (AvgIpc) is 2.45. The van der Waals surface area contributed by atoms with Crippen LogP contribution in [0.2, 0.25) is 0 Å². The summed E-state index contributed by atoms with van der Waals surface area (Å²) in [5.41, 5.74) is 6.68. The van der Waals surface area contributed by atoms with Crippen molar-refractivity contribution in [1.82, 2.24) is 5.32 Å². The molecule has 0 aliphatic carbocycles. The number of ether oxygens (including phenoxy) is 2. The molecule has 0 unspecified atom stereocenters. The van der Waals surface area contributed by atoms with Crippen molar-refractivity contribution >= 4 is 17.4 Å². The summed E-state index contributed by atoms with van der Waals surface area (Å²) in [6, 6.07) is 4.80. The van der Waals surface area contributed by atoms with Gasteiger partial charge in [0.2, 0.25) is 0 Å². The lowest BCUT2D eigenvalue weighted by molar-refractivity contribution is -0.123. The second-order valence-electron chi connectivity index (χ2n) is 4.16. The van der Waals surface area contributed by atoms with Crippen LogP contribution in [0.1, 0.15) is 23.7 Å². The minimum atomic E-state index is -0.254. The molecule has 0 atom stereocenters. The standard InChI is InChI=1S/C14H20N2O4/c1-3-12(17)10-4-5-13(11(15)8-10)20-9-14(18)16-6-7-19-2/h4-5,8H,3,6-7,9,15H2,1-2H3,(H,16,18). The average molecular weight is 280 g/mol. The number of hydrogen-bond donors (Lipinski definition) is 2. The van der Waals surface area contributed by atoms with E-state index >= 15 is 0 Å². The van der Waals surface area contributed by atoms with Gasteiger partial charge in [0.1, 0.15) is 5.75 Å². The third-order valence-electron chi connectivity index (χ3n) is 2.64. The molecule has 110 valence electrons. The molecule has 1 rings (SSSR count). The van der Waals surface area contributed by atoms with Gasteiger partial charge in [0.05, 0.1) is 12.3 Å². The van der Waals surface area contributed by atoms with E-state index in [2.05, 4.69) is 5.32 Å². The van der Waals surface area contributed by atoms with E-state index in [1.165, 1.54) is 0 Å². The van der Waals surface area contributed by atoms with Gasteiger partial charge in [0.25, 0.3) is 5.91 Å². The van der Waals surface area contributed by atoms with E-state index in [9.17, 15) is 9.59 Å². The number of nitrogens with two attached hydrogens (primary N) is 1. The predicted octanol–water partition coefficient (Wildman–Crippen LogP) is 1.00. The van der Waals surface area contributed by atoms with Crippen molar-refractivity contribution in [3.05, 3.63) is 23.8 Å². The Morgan fingerprint density at radius 1 is 1.35 bits per heavy atom. The molecule has 0 saturated carbocycles. The molecule has 0 aromatic heterocycles. The second-order valence-corrected chi connectivity index (χ2v) is 4.16. The van der Waals surface area contributed by atoms with Crippen LogP contribution in [0, 0.1) is 0 Å².